The molecule has 0 aromatic heterocycles. The number of carboxylic acid groups (broad SMARTS) is 3. The summed E-state index contributed by atoms with van der Waals surface area (Å²) in [6.07, 6.45) is 2.05. The van der Waals surface area contributed by atoms with Crippen molar-refractivity contribution < 1.29 is 39.9 Å². The minimum Gasteiger partial charge on any atom is -0.480 e. The average Bonchev–Trinajstić information content (AvgIpc) is 2.60. The first kappa shape index (κ1) is 34.1. The first-order valence-corrected chi connectivity index (χ1v) is 9.74. The smallest absolute Gasteiger partial charge is 0.323 e. The average molecular weight is 432 g/mol. The highest BCUT2D eigenvalue weighted by atomic mass is 32.2. The van der Waals surface area contributed by atoms with Crippen LogP contribution in [0.25, 0.3) is 0 Å². The fourth-order valence-corrected chi connectivity index (χ4v) is 1.67. The topological polar surface area (TPSA) is 230 Å². The van der Waals surface area contributed by atoms with E-state index in [2.05, 4.69) is 0 Å². The molecular formula is C16H37N3O8S. The molecule has 11 nitrogen and oxygen atoms in total. The van der Waals surface area contributed by atoms with Crippen molar-refractivity contribution in [3.63, 3.8) is 0 Å². The van der Waals surface area contributed by atoms with Crippen LogP contribution in [0.2, 0.25) is 0 Å². The number of carboxylic acids is 3. The number of nitrogens with two attached hydrogens (primary N) is 3. The summed E-state index contributed by atoms with van der Waals surface area (Å²) in [6.45, 7) is 5.23. The van der Waals surface area contributed by atoms with E-state index in [0.717, 1.165) is 12.9 Å². The predicted octanol–water partition coefficient (Wildman–Crippen LogP) is -1.02. The monoisotopic (exact) mass is 431 g/mol. The van der Waals surface area contributed by atoms with Crippen molar-refractivity contribution >= 4 is 29.7 Å². The molecular weight excluding hydrogens is 394 g/mol. The Morgan fingerprint density at radius 2 is 1.25 bits per heavy atom. The van der Waals surface area contributed by atoms with Crippen LogP contribution >= 0.6 is 11.8 Å². The third-order valence-corrected chi connectivity index (χ3v) is 3.44. The Balaban J connectivity index is -0.000000148. The second-order valence-electron chi connectivity index (χ2n) is 5.91. The molecule has 0 unspecified atom stereocenters. The van der Waals surface area contributed by atoms with Crippen molar-refractivity contribution in [2.75, 3.05) is 19.1 Å². The lowest BCUT2D eigenvalue weighted by Crippen LogP contribution is -2.39. The minimum absolute atomic E-state index is 0.357. The number of thioether (sulfide) groups is 1. The van der Waals surface area contributed by atoms with E-state index in [9.17, 15) is 14.4 Å². The Bertz CT molecular complexity index is 411. The van der Waals surface area contributed by atoms with Crippen LogP contribution in [-0.2, 0) is 14.4 Å². The molecule has 0 saturated carbocycles. The summed E-state index contributed by atoms with van der Waals surface area (Å²) in [7, 11) is 1.00. The Labute approximate surface area is 170 Å². The maximum Gasteiger partial charge on any atom is 0.323 e. The van der Waals surface area contributed by atoms with Gasteiger partial charge in [-0.25, -0.2) is 0 Å². The van der Waals surface area contributed by atoms with Gasteiger partial charge in [-0.1, -0.05) is 13.8 Å². The molecule has 0 bridgehead atoms. The predicted molar refractivity (Wildman–Crippen MR) is 109 cm³/mol. The van der Waals surface area contributed by atoms with E-state index < -0.39 is 42.1 Å². The molecule has 0 aliphatic carbocycles. The maximum absolute atomic E-state index is 10.1. The van der Waals surface area contributed by atoms with Gasteiger partial charge < -0.3 is 42.7 Å². The molecule has 0 aliphatic rings. The molecule has 0 saturated heterocycles. The van der Waals surface area contributed by atoms with Gasteiger partial charge in [0.2, 0.25) is 0 Å². The van der Waals surface area contributed by atoms with Gasteiger partial charge in [0, 0.05) is 7.11 Å². The van der Waals surface area contributed by atoms with Gasteiger partial charge in [-0.15, -0.1) is 0 Å². The zero-order chi connectivity index (χ0) is 23.4. The van der Waals surface area contributed by atoms with Crippen molar-refractivity contribution in [3.8, 4) is 0 Å². The number of rotatable bonds is 9. The second kappa shape index (κ2) is 21.9. The third-order valence-electron chi connectivity index (χ3n) is 2.80. The molecule has 0 amide bonds. The van der Waals surface area contributed by atoms with Crippen molar-refractivity contribution in [1.82, 2.24) is 0 Å². The maximum atomic E-state index is 10.1. The number of hydrogen-bond donors (Lipinski definition) is 8. The van der Waals surface area contributed by atoms with Crippen LogP contribution < -0.4 is 17.2 Å². The second-order valence-corrected chi connectivity index (χ2v) is 6.89. The summed E-state index contributed by atoms with van der Waals surface area (Å²) in [6, 6.07) is -2.53. The van der Waals surface area contributed by atoms with Gasteiger partial charge >= 0.3 is 17.9 Å². The Kier molecular flexibility index (Phi) is 26.6. The summed E-state index contributed by atoms with van der Waals surface area (Å²) in [5.41, 5.74) is 15.3. The molecule has 4 atom stereocenters. The highest BCUT2D eigenvalue weighted by Crippen LogP contribution is 2.01. The fourth-order valence-electron chi connectivity index (χ4n) is 1.18. The van der Waals surface area contributed by atoms with Gasteiger partial charge in [-0.05, 0) is 37.7 Å². The lowest BCUT2D eigenvalue weighted by Gasteiger charge is -2.07. The number of aliphatic carboxylic acids is 3. The van der Waals surface area contributed by atoms with Crippen LogP contribution in [0.3, 0.4) is 0 Å². The molecule has 0 fully saturated rings. The lowest BCUT2D eigenvalue weighted by atomic mass is 10.1. The SMILES string of the molecule is CC(C)C[C@H](N)C(=O)O.CO.CSCC[C@H](N)C(=O)O.C[C@@H](O)[C@H](N)C(=O)O. The standard InChI is InChI=1S/C6H13NO2.C5H11NO2S.C4H9NO3.CH4O/c1-4(2)3-5(7)6(8)9;1-9-3-2-4(6)5(7)8;1-2(6)3(5)4(7)8;1-2/h4-5H,3,7H2,1-2H3,(H,8,9);4H,2-3,6H2,1H3,(H,7,8);2-3,6H,5H2,1H3,(H,7,8);2H,1H3/t5-;4-;2-,3+;/m001./s1. The van der Waals surface area contributed by atoms with Crippen LogP contribution in [0, 0.1) is 5.92 Å². The van der Waals surface area contributed by atoms with Crippen LogP contribution in [0.1, 0.15) is 33.6 Å². The molecule has 0 rings (SSSR count). The molecule has 170 valence electrons. The van der Waals surface area contributed by atoms with E-state index >= 15 is 0 Å². The normalized spacial score (nSPS) is 13.8. The van der Waals surface area contributed by atoms with Gasteiger partial charge in [-0.2, -0.15) is 11.8 Å². The first-order chi connectivity index (χ1) is 12.8. The molecule has 0 aromatic carbocycles. The van der Waals surface area contributed by atoms with E-state index in [1.807, 2.05) is 20.1 Å². The summed E-state index contributed by atoms with van der Waals surface area (Å²) in [4.78, 5) is 30.0. The van der Waals surface area contributed by atoms with Crippen molar-refractivity contribution in [2.24, 2.45) is 23.1 Å². The Hall–Kier alpha value is -1.44. The third kappa shape index (κ3) is 26.8. The number of carbonyl (C=O) groups is 3. The molecule has 0 radical (unpaired) electrons. The largest absolute Gasteiger partial charge is 0.480 e. The van der Waals surface area contributed by atoms with Gasteiger partial charge in [0.15, 0.2) is 0 Å². The van der Waals surface area contributed by atoms with Gasteiger partial charge in [0.1, 0.15) is 18.1 Å². The van der Waals surface area contributed by atoms with Crippen molar-refractivity contribution in [1.29, 1.82) is 0 Å². The highest BCUT2D eigenvalue weighted by Gasteiger charge is 2.16. The van der Waals surface area contributed by atoms with Crippen LogP contribution in [0.4, 0.5) is 0 Å². The van der Waals surface area contributed by atoms with E-state index in [-0.39, 0.29) is 0 Å². The molecule has 0 aliphatic heterocycles. The summed E-state index contributed by atoms with van der Waals surface area (Å²) in [5.74, 6) is -1.84. The van der Waals surface area contributed by atoms with Crippen LogP contribution in [-0.4, -0.2) is 86.8 Å². The minimum atomic E-state index is -1.18. The molecule has 0 aromatic rings. The Morgan fingerprint density at radius 1 is 0.857 bits per heavy atom. The first-order valence-electron chi connectivity index (χ1n) is 8.34. The van der Waals surface area contributed by atoms with Gasteiger partial charge in [0.05, 0.1) is 6.10 Å². The Morgan fingerprint density at radius 3 is 1.39 bits per heavy atom. The number of hydrogen-bond acceptors (Lipinski definition) is 9. The van der Waals surface area contributed by atoms with Crippen molar-refractivity contribution in [3.05, 3.63) is 0 Å². The molecule has 0 spiro atoms. The zero-order valence-electron chi connectivity index (χ0n) is 17.1. The number of aliphatic hydroxyl groups is 2. The quantitative estimate of drug-likeness (QED) is 0.219. The van der Waals surface area contributed by atoms with Gasteiger partial charge in [-0.3, -0.25) is 14.4 Å². The van der Waals surface area contributed by atoms with Crippen LogP contribution in [0.5, 0.6) is 0 Å². The lowest BCUT2D eigenvalue weighted by molar-refractivity contribution is -0.141. The van der Waals surface area contributed by atoms with Crippen LogP contribution in [0.15, 0.2) is 0 Å². The van der Waals surface area contributed by atoms with E-state index in [0.29, 0.717) is 18.8 Å². The molecule has 11 N–H and O–H groups in total. The highest BCUT2D eigenvalue weighted by molar-refractivity contribution is 7.98. The molecule has 12 heteroatoms. The summed E-state index contributed by atoms with van der Waals surface area (Å²) >= 11 is 1.60. The van der Waals surface area contributed by atoms with Gasteiger partial charge in [0.25, 0.3) is 0 Å². The number of aliphatic hydroxyl groups excluding tert-OH is 2. The summed E-state index contributed by atoms with van der Waals surface area (Å²) in [5, 5.41) is 40.1. The van der Waals surface area contributed by atoms with Crippen molar-refractivity contribution in [2.45, 2.75) is 57.8 Å². The zero-order valence-corrected chi connectivity index (χ0v) is 17.9. The molecule has 28 heavy (non-hydrogen) atoms. The van der Waals surface area contributed by atoms with E-state index in [1.54, 1.807) is 11.8 Å². The van der Waals surface area contributed by atoms with E-state index in [1.165, 1.54) is 6.92 Å². The molecule has 0 heterocycles. The summed E-state index contributed by atoms with van der Waals surface area (Å²) < 4.78 is 0. The fraction of sp³-hybridized carbons (Fsp3) is 0.812. The van der Waals surface area contributed by atoms with E-state index in [4.69, 9.17) is 42.7 Å².